The van der Waals surface area contributed by atoms with E-state index in [0.29, 0.717) is 6.07 Å². The Morgan fingerprint density at radius 2 is 1.75 bits per heavy atom. The van der Waals surface area contributed by atoms with E-state index in [0.717, 1.165) is 6.07 Å². The van der Waals surface area contributed by atoms with Gasteiger partial charge in [-0.05, 0) is 30.2 Å². The Balaban J connectivity index is 2.94. The van der Waals surface area contributed by atoms with Gasteiger partial charge < -0.3 is 5.11 Å². The molecule has 1 aromatic carbocycles. The maximum Gasteiger partial charge on any atom is 0.414 e. The Morgan fingerprint density at radius 1 is 1.19 bits per heavy atom. The zero-order valence-corrected chi connectivity index (χ0v) is 8.28. The molecule has 1 aromatic rings. The normalized spacial score (nSPS) is 13.9. The number of aliphatic hydroxyl groups is 1. The maximum absolute atomic E-state index is 13.1. The van der Waals surface area contributed by atoms with E-state index in [1.165, 1.54) is 6.92 Å². The molecule has 0 spiro atoms. The molecular weight excluding hydrogens is 231 g/mol. The fourth-order valence-corrected chi connectivity index (χ4v) is 1.17. The summed E-state index contributed by atoms with van der Waals surface area (Å²) in [6.45, 7) is 1.29. The highest BCUT2D eigenvalue weighted by Gasteiger charge is 2.38. The largest absolute Gasteiger partial charge is 0.414 e. The van der Waals surface area contributed by atoms with Crippen LogP contribution in [0.4, 0.5) is 22.0 Å². The first-order valence-electron chi connectivity index (χ1n) is 4.41. The van der Waals surface area contributed by atoms with Gasteiger partial charge in [-0.15, -0.1) is 0 Å². The van der Waals surface area contributed by atoms with E-state index in [-0.39, 0.29) is 5.56 Å². The molecule has 0 fully saturated rings. The first kappa shape index (κ1) is 12.9. The molecule has 1 atom stereocenters. The van der Waals surface area contributed by atoms with Gasteiger partial charge in [-0.3, -0.25) is 0 Å². The van der Waals surface area contributed by atoms with Crippen molar-refractivity contribution in [2.45, 2.75) is 25.6 Å². The number of halogens is 5. The van der Waals surface area contributed by atoms with E-state index in [1.54, 1.807) is 0 Å². The average Bonchev–Trinajstić information content (AvgIpc) is 2.12. The van der Waals surface area contributed by atoms with E-state index < -0.39 is 35.9 Å². The smallest absolute Gasteiger partial charge is 0.383 e. The lowest BCUT2D eigenvalue weighted by molar-refractivity contribution is -0.203. The van der Waals surface area contributed by atoms with Crippen molar-refractivity contribution in [2.75, 3.05) is 0 Å². The number of rotatable bonds is 2. The van der Waals surface area contributed by atoms with Gasteiger partial charge in [0.25, 0.3) is 0 Å². The second-order valence-corrected chi connectivity index (χ2v) is 3.45. The quantitative estimate of drug-likeness (QED) is 0.788. The molecule has 1 unspecified atom stereocenters. The number of aliphatic hydroxyl groups excluding tert-OH is 1. The molecule has 0 amide bonds. The molecule has 0 saturated carbocycles. The third-order valence-corrected chi connectivity index (χ3v) is 2.12. The summed E-state index contributed by atoms with van der Waals surface area (Å²) in [5.74, 6) is -1.76. The number of benzene rings is 1. The molecule has 1 rings (SSSR count). The van der Waals surface area contributed by atoms with E-state index in [2.05, 4.69) is 0 Å². The summed E-state index contributed by atoms with van der Waals surface area (Å²) in [6, 6.07) is 1.47. The fraction of sp³-hybridized carbons (Fsp3) is 0.400. The molecule has 0 aromatic heterocycles. The molecule has 0 radical (unpaired) electrons. The zero-order valence-electron chi connectivity index (χ0n) is 8.28. The molecule has 90 valence electrons. The van der Waals surface area contributed by atoms with E-state index in [4.69, 9.17) is 5.11 Å². The summed E-state index contributed by atoms with van der Waals surface area (Å²) < 4.78 is 62.1. The molecule has 1 N–H and O–H groups in total. The minimum Gasteiger partial charge on any atom is -0.383 e. The van der Waals surface area contributed by atoms with Crippen molar-refractivity contribution in [3.05, 3.63) is 34.9 Å². The fourth-order valence-electron chi connectivity index (χ4n) is 1.17. The minimum absolute atomic E-state index is 0.00254. The van der Waals surface area contributed by atoms with E-state index in [9.17, 15) is 22.0 Å². The number of alkyl halides is 3. The zero-order chi connectivity index (χ0) is 12.5. The second-order valence-electron chi connectivity index (χ2n) is 3.45. The average molecular weight is 240 g/mol. The highest BCUT2D eigenvalue weighted by Crippen LogP contribution is 2.24. The lowest BCUT2D eigenvalue weighted by atomic mass is 10.0. The summed E-state index contributed by atoms with van der Waals surface area (Å²) in [4.78, 5) is 0. The lowest BCUT2D eigenvalue weighted by Crippen LogP contribution is -2.30. The lowest BCUT2D eigenvalue weighted by Gasteiger charge is -2.15. The summed E-state index contributed by atoms with van der Waals surface area (Å²) >= 11 is 0. The molecule has 0 bridgehead atoms. The van der Waals surface area contributed by atoms with Gasteiger partial charge in [-0.2, -0.15) is 13.2 Å². The van der Waals surface area contributed by atoms with Gasteiger partial charge in [0.15, 0.2) is 6.10 Å². The topological polar surface area (TPSA) is 20.2 Å². The van der Waals surface area contributed by atoms with Crippen molar-refractivity contribution >= 4 is 0 Å². The van der Waals surface area contributed by atoms with Crippen LogP contribution in [0.5, 0.6) is 0 Å². The Hall–Kier alpha value is -1.17. The Kier molecular flexibility index (Phi) is 3.52. The monoisotopic (exact) mass is 240 g/mol. The Labute approximate surface area is 88.5 Å². The summed E-state index contributed by atoms with van der Waals surface area (Å²) in [5.41, 5.74) is -0.490. The van der Waals surface area contributed by atoms with Crippen molar-refractivity contribution in [1.82, 2.24) is 0 Å². The summed E-state index contributed by atoms with van der Waals surface area (Å²) in [7, 11) is 0. The highest BCUT2D eigenvalue weighted by atomic mass is 19.4. The van der Waals surface area contributed by atoms with Gasteiger partial charge in [0.2, 0.25) is 0 Å². The third kappa shape index (κ3) is 2.91. The van der Waals surface area contributed by atoms with Gasteiger partial charge in [0.1, 0.15) is 11.6 Å². The molecule has 0 saturated heterocycles. The second kappa shape index (κ2) is 4.37. The molecular formula is C10H9F5O. The van der Waals surface area contributed by atoms with Gasteiger partial charge in [-0.1, -0.05) is 0 Å². The van der Waals surface area contributed by atoms with Crippen LogP contribution in [0.2, 0.25) is 0 Å². The Bertz CT molecular complexity index is 386. The van der Waals surface area contributed by atoms with Crippen LogP contribution >= 0.6 is 0 Å². The van der Waals surface area contributed by atoms with Crippen molar-refractivity contribution in [1.29, 1.82) is 0 Å². The van der Waals surface area contributed by atoms with Crippen molar-refractivity contribution in [3.63, 3.8) is 0 Å². The van der Waals surface area contributed by atoms with E-state index in [1.807, 2.05) is 0 Å². The first-order chi connectivity index (χ1) is 7.21. The van der Waals surface area contributed by atoms with Crippen LogP contribution in [0.25, 0.3) is 0 Å². The number of hydrogen-bond acceptors (Lipinski definition) is 1. The van der Waals surface area contributed by atoms with Crippen LogP contribution in [0.1, 0.15) is 11.1 Å². The van der Waals surface area contributed by atoms with Crippen LogP contribution in [0.15, 0.2) is 12.1 Å². The standard InChI is InChI=1S/C10H9F5O/c1-5-2-8(12)6(3-7(5)11)4-9(16)10(13,14)15/h2-3,9,16H,4H2,1H3. The molecule has 16 heavy (non-hydrogen) atoms. The minimum atomic E-state index is -4.84. The summed E-state index contributed by atoms with van der Waals surface area (Å²) in [6.07, 6.45) is -8.52. The van der Waals surface area contributed by atoms with Gasteiger partial charge in [0, 0.05) is 6.42 Å². The van der Waals surface area contributed by atoms with Crippen LogP contribution in [-0.4, -0.2) is 17.4 Å². The molecule has 0 aliphatic heterocycles. The molecule has 0 heterocycles. The maximum atomic E-state index is 13.1. The van der Waals surface area contributed by atoms with Crippen LogP contribution in [-0.2, 0) is 6.42 Å². The number of hydrogen-bond donors (Lipinski definition) is 1. The van der Waals surface area contributed by atoms with Gasteiger partial charge >= 0.3 is 6.18 Å². The Morgan fingerprint density at radius 3 is 2.25 bits per heavy atom. The molecule has 1 nitrogen and oxygen atoms in total. The molecule has 0 aliphatic rings. The van der Waals surface area contributed by atoms with Crippen LogP contribution in [0, 0.1) is 18.6 Å². The van der Waals surface area contributed by atoms with Crippen LogP contribution in [0.3, 0.4) is 0 Å². The molecule has 0 aliphatic carbocycles. The highest BCUT2D eigenvalue weighted by molar-refractivity contribution is 5.25. The predicted molar refractivity (Wildman–Crippen MR) is 46.9 cm³/mol. The van der Waals surface area contributed by atoms with E-state index >= 15 is 0 Å². The van der Waals surface area contributed by atoms with Crippen molar-refractivity contribution in [3.8, 4) is 0 Å². The third-order valence-electron chi connectivity index (χ3n) is 2.12. The van der Waals surface area contributed by atoms with Gasteiger partial charge in [-0.25, -0.2) is 8.78 Å². The SMILES string of the molecule is Cc1cc(F)c(CC(O)C(F)(F)F)cc1F. The van der Waals surface area contributed by atoms with Crippen LogP contribution < -0.4 is 0 Å². The first-order valence-corrected chi connectivity index (χ1v) is 4.41. The predicted octanol–water partition coefficient (Wildman–Crippen LogP) is 2.74. The van der Waals surface area contributed by atoms with Crippen molar-refractivity contribution in [2.24, 2.45) is 0 Å². The molecule has 6 heteroatoms. The summed E-state index contributed by atoms with van der Waals surface area (Å²) in [5, 5.41) is 8.71. The van der Waals surface area contributed by atoms with Crippen molar-refractivity contribution < 1.29 is 27.1 Å². The van der Waals surface area contributed by atoms with Gasteiger partial charge in [0.05, 0.1) is 0 Å². The number of aryl methyl sites for hydroxylation is 1.